The molecule has 2 saturated heterocycles. The number of nitrogens with zero attached hydrogens (tertiary/aromatic N) is 1. The molecule has 2 fully saturated rings. The summed E-state index contributed by atoms with van der Waals surface area (Å²) in [5, 5.41) is 4.61. The Hall–Kier alpha value is 0.270. The number of likely N-dealkylation sites (tertiary alicyclic amines) is 1. The molecular weight excluding hydrogens is 240 g/mol. The predicted octanol–water partition coefficient (Wildman–Crippen LogP) is 3.12. The van der Waals surface area contributed by atoms with Crippen LogP contribution in [0, 0.1) is 0 Å². The topological polar surface area (TPSA) is 15.3 Å². The fraction of sp³-hybridized carbons (Fsp3) is 1.00. The molecule has 106 valence electrons. The molecule has 0 aliphatic carbocycles. The van der Waals surface area contributed by atoms with Gasteiger partial charge in [0, 0.05) is 23.9 Å². The van der Waals surface area contributed by atoms with E-state index in [0.29, 0.717) is 0 Å². The van der Waals surface area contributed by atoms with Crippen LogP contribution in [0.15, 0.2) is 0 Å². The van der Waals surface area contributed by atoms with Crippen LogP contribution in [0.4, 0.5) is 0 Å². The average Bonchev–Trinajstić information content (AvgIpc) is 2.40. The van der Waals surface area contributed by atoms with Gasteiger partial charge in [0.1, 0.15) is 0 Å². The van der Waals surface area contributed by atoms with E-state index < -0.39 is 0 Å². The van der Waals surface area contributed by atoms with E-state index in [4.69, 9.17) is 0 Å². The molecule has 0 radical (unpaired) electrons. The molecule has 0 amide bonds. The smallest absolute Gasteiger partial charge is 0.0175 e. The summed E-state index contributed by atoms with van der Waals surface area (Å²) in [5.41, 5.74) is 0. The van der Waals surface area contributed by atoms with Crippen LogP contribution in [0.5, 0.6) is 0 Å². The van der Waals surface area contributed by atoms with Gasteiger partial charge in [-0.1, -0.05) is 13.3 Å². The lowest BCUT2D eigenvalue weighted by Crippen LogP contribution is -2.49. The van der Waals surface area contributed by atoms with E-state index in [2.05, 4.69) is 35.8 Å². The van der Waals surface area contributed by atoms with Crippen LogP contribution in [-0.2, 0) is 0 Å². The largest absolute Gasteiger partial charge is 0.314 e. The Labute approximate surface area is 117 Å². The fourth-order valence-corrected chi connectivity index (χ4v) is 4.57. The highest BCUT2D eigenvalue weighted by atomic mass is 32.2. The van der Waals surface area contributed by atoms with Crippen LogP contribution in [0.2, 0.25) is 0 Å². The molecule has 3 heteroatoms. The van der Waals surface area contributed by atoms with E-state index >= 15 is 0 Å². The molecule has 0 bridgehead atoms. The molecule has 0 aromatic heterocycles. The Balaban J connectivity index is 1.71. The summed E-state index contributed by atoms with van der Waals surface area (Å²) in [4.78, 5) is 2.74. The van der Waals surface area contributed by atoms with Gasteiger partial charge in [0.2, 0.25) is 0 Å². The second-order valence-electron chi connectivity index (χ2n) is 6.01. The Morgan fingerprint density at radius 2 is 2.17 bits per heavy atom. The monoisotopic (exact) mass is 270 g/mol. The molecule has 0 aromatic rings. The predicted molar refractivity (Wildman–Crippen MR) is 82.4 cm³/mol. The van der Waals surface area contributed by atoms with Crippen molar-refractivity contribution in [2.75, 3.05) is 25.4 Å². The summed E-state index contributed by atoms with van der Waals surface area (Å²) < 4.78 is 0. The highest BCUT2D eigenvalue weighted by Crippen LogP contribution is 2.28. The molecule has 18 heavy (non-hydrogen) atoms. The SMILES string of the molecule is CCCNC1CCN(CC2CCCCS2)C(C)C1. The van der Waals surface area contributed by atoms with Gasteiger partial charge in [-0.3, -0.25) is 4.90 Å². The van der Waals surface area contributed by atoms with Crippen LogP contribution >= 0.6 is 11.8 Å². The van der Waals surface area contributed by atoms with Gasteiger partial charge in [-0.2, -0.15) is 11.8 Å². The van der Waals surface area contributed by atoms with Gasteiger partial charge in [0.25, 0.3) is 0 Å². The van der Waals surface area contributed by atoms with Crippen molar-refractivity contribution in [2.24, 2.45) is 0 Å². The summed E-state index contributed by atoms with van der Waals surface area (Å²) in [7, 11) is 0. The Morgan fingerprint density at radius 1 is 1.28 bits per heavy atom. The number of hydrogen-bond donors (Lipinski definition) is 1. The van der Waals surface area contributed by atoms with Gasteiger partial charge < -0.3 is 5.32 Å². The first-order valence-electron chi connectivity index (χ1n) is 7.88. The summed E-state index contributed by atoms with van der Waals surface area (Å²) >= 11 is 2.22. The molecule has 2 rings (SSSR count). The first-order valence-corrected chi connectivity index (χ1v) is 8.93. The number of hydrogen-bond acceptors (Lipinski definition) is 3. The molecule has 3 atom stereocenters. The average molecular weight is 270 g/mol. The lowest BCUT2D eigenvalue weighted by molar-refractivity contribution is 0.135. The van der Waals surface area contributed by atoms with Gasteiger partial charge in [0.05, 0.1) is 0 Å². The van der Waals surface area contributed by atoms with E-state index in [1.807, 2.05) is 0 Å². The maximum atomic E-state index is 3.69. The molecule has 2 aliphatic heterocycles. The molecule has 2 aliphatic rings. The summed E-state index contributed by atoms with van der Waals surface area (Å²) in [6, 6.07) is 1.55. The molecule has 2 nitrogen and oxygen atoms in total. The van der Waals surface area contributed by atoms with Gasteiger partial charge in [-0.15, -0.1) is 0 Å². The highest BCUT2D eigenvalue weighted by molar-refractivity contribution is 7.99. The second kappa shape index (κ2) is 7.76. The van der Waals surface area contributed by atoms with Crippen molar-refractivity contribution in [1.82, 2.24) is 10.2 Å². The molecule has 0 saturated carbocycles. The minimum atomic E-state index is 0.773. The number of thioether (sulfide) groups is 1. The zero-order chi connectivity index (χ0) is 12.8. The van der Waals surface area contributed by atoms with Crippen molar-refractivity contribution < 1.29 is 0 Å². The zero-order valence-corrected chi connectivity index (χ0v) is 13.0. The van der Waals surface area contributed by atoms with Crippen molar-refractivity contribution in [3.05, 3.63) is 0 Å². The van der Waals surface area contributed by atoms with E-state index in [1.165, 1.54) is 63.9 Å². The van der Waals surface area contributed by atoms with E-state index in [-0.39, 0.29) is 0 Å². The molecule has 2 heterocycles. The van der Waals surface area contributed by atoms with Crippen molar-refractivity contribution in [3.63, 3.8) is 0 Å². The fourth-order valence-electron chi connectivity index (χ4n) is 3.24. The molecule has 3 unspecified atom stereocenters. The lowest BCUT2D eigenvalue weighted by atomic mass is 9.97. The number of piperidine rings is 1. The quantitative estimate of drug-likeness (QED) is 0.826. The summed E-state index contributed by atoms with van der Waals surface area (Å²) in [6.07, 6.45) is 8.30. The van der Waals surface area contributed by atoms with Crippen molar-refractivity contribution in [1.29, 1.82) is 0 Å². The normalized spacial score (nSPS) is 34.7. The van der Waals surface area contributed by atoms with Gasteiger partial charge in [-0.05, 0) is 57.9 Å². The first kappa shape index (κ1) is 14.7. The van der Waals surface area contributed by atoms with Crippen molar-refractivity contribution in [3.8, 4) is 0 Å². The van der Waals surface area contributed by atoms with Crippen LogP contribution < -0.4 is 5.32 Å². The van der Waals surface area contributed by atoms with Crippen molar-refractivity contribution in [2.45, 2.75) is 69.7 Å². The van der Waals surface area contributed by atoms with E-state index in [9.17, 15) is 0 Å². The van der Waals surface area contributed by atoms with Crippen LogP contribution in [0.1, 0.15) is 52.4 Å². The molecule has 0 aromatic carbocycles. The molecule has 0 spiro atoms. The lowest BCUT2D eigenvalue weighted by Gasteiger charge is -2.40. The number of nitrogens with one attached hydrogen (secondary N) is 1. The van der Waals surface area contributed by atoms with Gasteiger partial charge >= 0.3 is 0 Å². The second-order valence-corrected chi connectivity index (χ2v) is 7.42. The highest BCUT2D eigenvalue weighted by Gasteiger charge is 2.27. The number of rotatable bonds is 5. The van der Waals surface area contributed by atoms with E-state index in [1.54, 1.807) is 0 Å². The van der Waals surface area contributed by atoms with Crippen LogP contribution in [-0.4, -0.2) is 47.6 Å². The Bertz CT molecular complexity index is 229. The summed E-state index contributed by atoms with van der Waals surface area (Å²) in [5.74, 6) is 1.40. The molecular formula is C15H30N2S. The first-order chi connectivity index (χ1) is 8.79. The molecule has 1 N–H and O–H groups in total. The van der Waals surface area contributed by atoms with Crippen molar-refractivity contribution >= 4 is 11.8 Å². The van der Waals surface area contributed by atoms with Gasteiger partial charge in [-0.25, -0.2) is 0 Å². The summed E-state index contributed by atoms with van der Waals surface area (Å²) in [6.45, 7) is 8.51. The third kappa shape index (κ3) is 4.43. The Morgan fingerprint density at radius 3 is 2.83 bits per heavy atom. The van der Waals surface area contributed by atoms with E-state index in [0.717, 1.165) is 17.3 Å². The minimum absolute atomic E-state index is 0.773. The van der Waals surface area contributed by atoms with Gasteiger partial charge in [0.15, 0.2) is 0 Å². The Kier molecular flexibility index (Phi) is 6.33. The minimum Gasteiger partial charge on any atom is -0.314 e. The van der Waals surface area contributed by atoms with Crippen LogP contribution in [0.3, 0.4) is 0 Å². The maximum absolute atomic E-state index is 3.69. The maximum Gasteiger partial charge on any atom is 0.0175 e. The third-order valence-electron chi connectivity index (χ3n) is 4.41. The zero-order valence-electron chi connectivity index (χ0n) is 12.2. The van der Waals surface area contributed by atoms with Crippen LogP contribution in [0.25, 0.3) is 0 Å². The standard InChI is InChI=1S/C15H30N2S/c1-3-8-16-14-7-9-17(13(2)11-14)12-15-6-4-5-10-18-15/h13-16H,3-12H2,1-2H3. The third-order valence-corrected chi connectivity index (χ3v) is 5.79.